The largest absolute Gasteiger partial charge is 0.469 e. The molecule has 5 aliphatic rings. The summed E-state index contributed by atoms with van der Waals surface area (Å²) in [7, 11) is 1.45. The first-order chi connectivity index (χ1) is 27.0. The van der Waals surface area contributed by atoms with Gasteiger partial charge in [-0.05, 0) is 130 Å². The zero-order valence-corrected chi connectivity index (χ0v) is 38.0. The van der Waals surface area contributed by atoms with Crippen molar-refractivity contribution in [3.05, 3.63) is 12.2 Å². The van der Waals surface area contributed by atoms with Crippen LogP contribution in [0.3, 0.4) is 0 Å². The maximum Gasteiger partial charge on any atom is 0.315 e. The molecular formula is C48H79NO7S. The number of carbonyl (C=O) groups excluding carboxylic acids is 4. The highest BCUT2D eigenvalue weighted by molar-refractivity contribution is 8.00. The van der Waals surface area contributed by atoms with E-state index in [-0.39, 0.29) is 68.8 Å². The lowest BCUT2D eigenvalue weighted by Gasteiger charge is -2.72. The van der Waals surface area contributed by atoms with Crippen molar-refractivity contribution < 1.29 is 33.4 Å². The molecule has 5 rings (SSSR count). The Morgan fingerprint density at radius 3 is 2.09 bits per heavy atom. The second-order valence-electron chi connectivity index (χ2n) is 20.3. The summed E-state index contributed by atoms with van der Waals surface area (Å²) in [5, 5.41) is 3.51. The van der Waals surface area contributed by atoms with E-state index in [9.17, 15) is 19.2 Å². The molecule has 0 heterocycles. The molecule has 0 bridgehead atoms. The normalized spacial score (nSPS) is 36.4. The molecule has 1 N–H and O–H groups in total. The number of methoxy groups -OCH3 is 1. The Morgan fingerprint density at radius 1 is 0.737 bits per heavy atom. The van der Waals surface area contributed by atoms with Gasteiger partial charge in [0, 0.05) is 31.1 Å². The Morgan fingerprint density at radius 2 is 1.42 bits per heavy atom. The van der Waals surface area contributed by atoms with Gasteiger partial charge in [0.05, 0.1) is 24.9 Å². The van der Waals surface area contributed by atoms with Crippen LogP contribution in [0.1, 0.15) is 170 Å². The van der Waals surface area contributed by atoms with Gasteiger partial charge < -0.3 is 19.5 Å². The number of fused-ring (bicyclic) bond motifs is 7. The molecule has 1 amide bonds. The molecular weight excluding hydrogens is 735 g/mol. The van der Waals surface area contributed by atoms with Gasteiger partial charge in [-0.2, -0.15) is 0 Å². The number of nitrogens with one attached hydrogen (secondary N) is 1. The van der Waals surface area contributed by atoms with Gasteiger partial charge in [-0.25, -0.2) is 0 Å². The molecule has 0 aliphatic heterocycles. The number of thioether (sulfide) groups is 1. The van der Waals surface area contributed by atoms with Crippen molar-refractivity contribution in [1.82, 2.24) is 5.32 Å². The highest BCUT2D eigenvalue weighted by atomic mass is 32.2. The summed E-state index contributed by atoms with van der Waals surface area (Å²) in [6.07, 6.45) is 19.9. The van der Waals surface area contributed by atoms with E-state index < -0.39 is 0 Å². The number of amides is 1. The van der Waals surface area contributed by atoms with Crippen LogP contribution in [0.2, 0.25) is 0 Å². The van der Waals surface area contributed by atoms with E-state index in [0.717, 1.165) is 95.8 Å². The van der Waals surface area contributed by atoms with E-state index in [2.05, 4.69) is 39.9 Å². The zero-order chi connectivity index (χ0) is 41.6. The zero-order valence-electron chi connectivity index (χ0n) is 37.2. The van der Waals surface area contributed by atoms with Crippen LogP contribution in [0.25, 0.3) is 0 Å². The number of hydrogen-bond acceptors (Lipinski definition) is 8. The number of ether oxygens (including phenoxy) is 3. The summed E-state index contributed by atoms with van der Waals surface area (Å²) < 4.78 is 16.0. The van der Waals surface area contributed by atoms with Crippen molar-refractivity contribution in [2.45, 2.75) is 177 Å². The Bertz CT molecular complexity index is 1450. The van der Waals surface area contributed by atoms with Crippen LogP contribution >= 0.6 is 11.8 Å². The smallest absolute Gasteiger partial charge is 0.315 e. The molecule has 324 valence electrons. The number of rotatable bonds is 19. The van der Waals surface area contributed by atoms with E-state index in [1.54, 1.807) is 18.7 Å². The van der Waals surface area contributed by atoms with Crippen LogP contribution in [0.4, 0.5) is 0 Å². The molecule has 0 aromatic heterocycles. The molecule has 0 aromatic carbocycles. The molecule has 0 unspecified atom stereocenters. The minimum absolute atomic E-state index is 0.0273. The first-order valence-electron chi connectivity index (χ1n) is 22.9. The fourth-order valence-electron chi connectivity index (χ4n) is 14.3. The summed E-state index contributed by atoms with van der Waals surface area (Å²) in [5.74, 6) is 2.95. The van der Waals surface area contributed by atoms with Crippen molar-refractivity contribution in [1.29, 1.82) is 0 Å². The average Bonchev–Trinajstić information content (AvgIpc) is 3.56. The monoisotopic (exact) mass is 814 g/mol. The standard InChI is InChI=1S/C48H79NO7S/c1-10-55-41(52)32-57-31-33(2)35-22-27-48(43(53)49-30-18-16-14-12-11-13-15-17-19-40(51)54-9)29-28-46(7)36(42(35)48)20-21-38-45(6)25-24-39(56-34(3)50)44(4,5)37(45)23-26-47(38,46)8/h35-39,42H,2,10-32H2,1,3-9H3,(H,49,53)/t35-,36+,37-,38+,39-,42+,45-,46+,47+,48-/m0/s1. The third kappa shape index (κ3) is 9.19. The topological polar surface area (TPSA) is 108 Å². The van der Waals surface area contributed by atoms with Gasteiger partial charge >= 0.3 is 17.9 Å². The van der Waals surface area contributed by atoms with Crippen LogP contribution < -0.4 is 5.32 Å². The van der Waals surface area contributed by atoms with Crippen LogP contribution in [-0.4, -0.2) is 61.7 Å². The summed E-state index contributed by atoms with van der Waals surface area (Å²) in [4.78, 5) is 50.5. The Kier molecular flexibility index (Phi) is 15.5. The average molecular weight is 814 g/mol. The van der Waals surface area contributed by atoms with Crippen molar-refractivity contribution >= 4 is 35.6 Å². The predicted octanol–water partition coefficient (Wildman–Crippen LogP) is 10.7. The molecule has 5 saturated carbocycles. The molecule has 0 radical (unpaired) electrons. The van der Waals surface area contributed by atoms with Gasteiger partial charge in [0.15, 0.2) is 0 Å². The molecule has 5 fully saturated rings. The van der Waals surface area contributed by atoms with E-state index in [0.29, 0.717) is 36.5 Å². The van der Waals surface area contributed by atoms with Gasteiger partial charge in [-0.1, -0.05) is 85.3 Å². The molecule has 0 saturated heterocycles. The van der Waals surface area contributed by atoms with E-state index in [1.807, 2.05) is 6.92 Å². The third-order valence-electron chi connectivity index (χ3n) is 17.3. The minimum atomic E-state index is -0.373. The fraction of sp³-hybridized carbons (Fsp3) is 0.875. The van der Waals surface area contributed by atoms with Crippen molar-refractivity contribution in [2.24, 2.45) is 56.7 Å². The molecule has 9 heteroatoms. The summed E-state index contributed by atoms with van der Waals surface area (Å²) >= 11 is 1.61. The van der Waals surface area contributed by atoms with Crippen LogP contribution in [0.15, 0.2) is 12.2 Å². The van der Waals surface area contributed by atoms with Gasteiger partial charge in [0.25, 0.3) is 0 Å². The second-order valence-corrected chi connectivity index (χ2v) is 21.3. The molecule has 0 aromatic rings. The quantitative estimate of drug-likeness (QED) is 0.0594. The summed E-state index contributed by atoms with van der Waals surface area (Å²) in [6, 6.07) is 0. The Balaban J connectivity index is 1.29. The van der Waals surface area contributed by atoms with E-state index in [4.69, 9.17) is 20.8 Å². The van der Waals surface area contributed by atoms with Crippen molar-refractivity contribution in [2.75, 3.05) is 31.8 Å². The highest BCUT2D eigenvalue weighted by Crippen LogP contribution is 2.77. The molecule has 0 spiro atoms. The van der Waals surface area contributed by atoms with Crippen LogP contribution in [0.5, 0.6) is 0 Å². The van der Waals surface area contributed by atoms with Crippen molar-refractivity contribution in [3.63, 3.8) is 0 Å². The van der Waals surface area contributed by atoms with Gasteiger partial charge in [-0.15, -0.1) is 11.8 Å². The number of unbranched alkanes of at least 4 members (excludes halogenated alkanes) is 7. The van der Waals surface area contributed by atoms with E-state index in [1.165, 1.54) is 44.8 Å². The van der Waals surface area contributed by atoms with Gasteiger partial charge in [0.1, 0.15) is 6.10 Å². The molecule has 57 heavy (non-hydrogen) atoms. The van der Waals surface area contributed by atoms with Crippen LogP contribution in [0, 0.1) is 56.7 Å². The fourth-order valence-corrected chi connectivity index (χ4v) is 15.2. The van der Waals surface area contributed by atoms with E-state index >= 15 is 0 Å². The van der Waals surface area contributed by atoms with Crippen molar-refractivity contribution in [3.8, 4) is 0 Å². The lowest BCUT2D eigenvalue weighted by molar-refractivity contribution is -0.248. The van der Waals surface area contributed by atoms with Crippen LogP contribution in [-0.2, 0) is 33.4 Å². The molecule has 10 atom stereocenters. The summed E-state index contributed by atoms with van der Waals surface area (Å²) in [6.45, 7) is 21.8. The van der Waals surface area contributed by atoms with Gasteiger partial charge in [0.2, 0.25) is 5.91 Å². The molecule has 5 aliphatic carbocycles. The number of carbonyl (C=O) groups is 4. The molecule has 8 nitrogen and oxygen atoms in total. The van der Waals surface area contributed by atoms with Gasteiger partial charge in [-0.3, -0.25) is 19.2 Å². The second kappa shape index (κ2) is 19.1. The number of hydrogen-bond donors (Lipinski definition) is 1. The Labute approximate surface area is 350 Å². The maximum atomic E-state index is 14.7. The lowest BCUT2D eigenvalue weighted by atomic mass is 9.32. The highest BCUT2D eigenvalue weighted by Gasteiger charge is 2.72. The lowest BCUT2D eigenvalue weighted by Crippen LogP contribution is -2.67. The Hall–Kier alpha value is -2.03. The maximum absolute atomic E-state index is 14.7. The minimum Gasteiger partial charge on any atom is -0.469 e. The SMILES string of the molecule is C=C(CSCC(=O)OCC)[C@@H]1CC[C@]2(C(=O)NCCCCCCCCCCC(=O)OC)CC[C@]3(C)[C@H](CC[C@@H]4[C@@]5(C)CC[C@H](OC(C)=O)C(C)(C)[C@@H]5CC[C@]43C)[C@@H]12. The predicted molar refractivity (Wildman–Crippen MR) is 229 cm³/mol. The third-order valence-corrected chi connectivity index (χ3v) is 18.3. The first kappa shape index (κ1) is 46.0. The number of esters is 3. The first-order valence-corrected chi connectivity index (χ1v) is 24.1. The summed E-state index contributed by atoms with van der Waals surface area (Å²) in [5.41, 5.74) is 1.20.